The van der Waals surface area contributed by atoms with Gasteiger partial charge >= 0.3 is 11.7 Å². The first kappa shape index (κ1) is 23.5. The molecule has 0 saturated carbocycles. The van der Waals surface area contributed by atoms with Crippen LogP contribution in [0.1, 0.15) is 25.3 Å². The Morgan fingerprint density at radius 1 is 1.06 bits per heavy atom. The van der Waals surface area contributed by atoms with Crippen LogP contribution in [0.5, 0.6) is 0 Å². The number of amides is 1. The molecule has 36 heavy (non-hydrogen) atoms. The van der Waals surface area contributed by atoms with Crippen LogP contribution in [0, 0.1) is 5.92 Å². The van der Waals surface area contributed by atoms with Crippen molar-refractivity contribution < 1.29 is 14.3 Å². The highest BCUT2D eigenvalue weighted by molar-refractivity contribution is 5.83. The van der Waals surface area contributed by atoms with E-state index in [2.05, 4.69) is 10.4 Å². The molecular formula is C26H28N6O4. The molecule has 4 aromatic rings. The molecule has 0 bridgehead atoms. The Morgan fingerprint density at radius 3 is 2.53 bits per heavy atom. The minimum absolute atomic E-state index is 0.147. The number of hydrogen-bond acceptors (Lipinski definition) is 7. The second-order valence-corrected chi connectivity index (χ2v) is 8.80. The lowest BCUT2D eigenvalue weighted by Gasteiger charge is -2.31. The number of nitrogens with one attached hydrogen (secondary N) is 1. The van der Waals surface area contributed by atoms with Crippen LogP contribution in [-0.4, -0.2) is 50.7 Å². The predicted octanol–water partition coefficient (Wildman–Crippen LogP) is 2.14. The SMILES string of the molecule is CCOC(=O)C1CCN(c2nc3ccccc3n3c(=O)n(CC(=O)NCc4ccccc4)nc23)CC1. The molecule has 1 aliphatic rings. The van der Waals surface area contributed by atoms with Crippen LogP contribution in [0.3, 0.4) is 0 Å². The number of nitrogens with zero attached hydrogens (tertiary/aromatic N) is 5. The molecular weight excluding hydrogens is 460 g/mol. The zero-order chi connectivity index (χ0) is 25.1. The van der Waals surface area contributed by atoms with Gasteiger partial charge < -0.3 is 15.0 Å². The molecule has 5 rings (SSSR count). The molecule has 0 atom stereocenters. The van der Waals surface area contributed by atoms with Gasteiger partial charge in [0.15, 0.2) is 5.82 Å². The summed E-state index contributed by atoms with van der Waals surface area (Å²) in [5, 5.41) is 7.37. The lowest BCUT2D eigenvalue weighted by molar-refractivity contribution is -0.148. The average Bonchev–Trinajstić information content (AvgIpc) is 3.23. The van der Waals surface area contributed by atoms with Crippen molar-refractivity contribution in [2.24, 2.45) is 5.92 Å². The van der Waals surface area contributed by atoms with Gasteiger partial charge in [-0.3, -0.25) is 9.59 Å². The summed E-state index contributed by atoms with van der Waals surface area (Å²) in [5.41, 5.74) is 2.24. The zero-order valence-electron chi connectivity index (χ0n) is 20.1. The summed E-state index contributed by atoms with van der Waals surface area (Å²) in [5.74, 6) is -0.0588. The summed E-state index contributed by atoms with van der Waals surface area (Å²) in [6.45, 7) is 3.51. The van der Waals surface area contributed by atoms with E-state index in [4.69, 9.17) is 9.72 Å². The predicted molar refractivity (Wildman–Crippen MR) is 135 cm³/mol. The molecule has 2 aromatic heterocycles. The minimum Gasteiger partial charge on any atom is -0.466 e. The van der Waals surface area contributed by atoms with E-state index in [9.17, 15) is 14.4 Å². The first-order chi connectivity index (χ1) is 17.5. The monoisotopic (exact) mass is 488 g/mol. The number of hydrogen-bond donors (Lipinski definition) is 1. The maximum absolute atomic E-state index is 13.4. The quantitative estimate of drug-likeness (QED) is 0.397. The van der Waals surface area contributed by atoms with E-state index >= 15 is 0 Å². The van der Waals surface area contributed by atoms with Crippen molar-refractivity contribution in [2.75, 3.05) is 24.6 Å². The third kappa shape index (κ3) is 4.66. The smallest absolute Gasteiger partial charge is 0.351 e. The number of carbonyl (C=O) groups is 2. The highest BCUT2D eigenvalue weighted by atomic mass is 16.5. The number of aromatic nitrogens is 4. The normalized spacial score (nSPS) is 14.3. The number of piperidine rings is 1. The van der Waals surface area contributed by atoms with Gasteiger partial charge in [-0.1, -0.05) is 42.5 Å². The minimum atomic E-state index is -0.402. The van der Waals surface area contributed by atoms with E-state index in [1.807, 2.05) is 59.5 Å². The molecule has 1 N–H and O–H groups in total. The van der Waals surface area contributed by atoms with Crippen molar-refractivity contribution in [1.29, 1.82) is 0 Å². The Labute approximate surface area is 207 Å². The molecule has 186 valence electrons. The number of benzene rings is 2. The van der Waals surface area contributed by atoms with Gasteiger partial charge in [-0.05, 0) is 37.5 Å². The van der Waals surface area contributed by atoms with Crippen molar-refractivity contribution in [3.8, 4) is 0 Å². The van der Waals surface area contributed by atoms with Gasteiger partial charge in [0.1, 0.15) is 6.54 Å². The highest BCUT2D eigenvalue weighted by Gasteiger charge is 2.29. The third-order valence-electron chi connectivity index (χ3n) is 6.43. The van der Waals surface area contributed by atoms with Crippen molar-refractivity contribution >= 4 is 34.4 Å². The second-order valence-electron chi connectivity index (χ2n) is 8.80. The maximum atomic E-state index is 13.4. The van der Waals surface area contributed by atoms with Crippen molar-refractivity contribution in [1.82, 2.24) is 24.5 Å². The van der Waals surface area contributed by atoms with Crippen LogP contribution < -0.4 is 15.9 Å². The second kappa shape index (κ2) is 10.2. The summed E-state index contributed by atoms with van der Waals surface area (Å²) >= 11 is 0. The third-order valence-corrected chi connectivity index (χ3v) is 6.43. The van der Waals surface area contributed by atoms with Crippen LogP contribution in [-0.2, 0) is 27.4 Å². The highest BCUT2D eigenvalue weighted by Crippen LogP contribution is 2.27. The number of para-hydroxylation sites is 2. The van der Waals surface area contributed by atoms with Crippen molar-refractivity contribution in [3.63, 3.8) is 0 Å². The molecule has 1 amide bonds. The Kier molecular flexibility index (Phi) is 6.66. The van der Waals surface area contributed by atoms with E-state index in [0.717, 1.165) is 5.56 Å². The average molecular weight is 489 g/mol. The lowest BCUT2D eigenvalue weighted by Crippen LogP contribution is -2.37. The van der Waals surface area contributed by atoms with E-state index < -0.39 is 5.69 Å². The molecule has 1 saturated heterocycles. The molecule has 0 spiro atoms. The van der Waals surface area contributed by atoms with Gasteiger partial charge in [0.05, 0.1) is 23.6 Å². The molecule has 10 nitrogen and oxygen atoms in total. The number of carbonyl (C=O) groups excluding carboxylic acids is 2. The van der Waals surface area contributed by atoms with E-state index in [0.29, 0.717) is 61.6 Å². The number of anilines is 1. The summed E-state index contributed by atoms with van der Waals surface area (Å²) in [4.78, 5) is 45.0. The fourth-order valence-corrected chi connectivity index (χ4v) is 4.57. The summed E-state index contributed by atoms with van der Waals surface area (Å²) in [7, 11) is 0. The van der Waals surface area contributed by atoms with Crippen LogP contribution in [0.15, 0.2) is 59.4 Å². The van der Waals surface area contributed by atoms with Gasteiger partial charge in [-0.2, -0.15) is 0 Å². The topological polar surface area (TPSA) is 111 Å². The van der Waals surface area contributed by atoms with Gasteiger partial charge in [0, 0.05) is 19.6 Å². The molecule has 0 radical (unpaired) electrons. The molecule has 10 heteroatoms. The van der Waals surface area contributed by atoms with Crippen LogP contribution >= 0.6 is 0 Å². The summed E-state index contributed by atoms with van der Waals surface area (Å²) < 4.78 is 7.87. The molecule has 0 unspecified atom stereocenters. The standard InChI is InChI=1S/C26H28N6O4/c1-2-36-25(34)19-12-14-30(15-13-19)23-24-29-31(17-22(33)27-16-18-8-4-3-5-9-18)26(35)32(24)21-11-7-6-10-20(21)28-23/h3-11,19H,2,12-17H2,1H3,(H,27,33). The van der Waals surface area contributed by atoms with Gasteiger partial charge in [0.25, 0.3) is 0 Å². The number of esters is 1. The van der Waals surface area contributed by atoms with Crippen LogP contribution in [0.4, 0.5) is 5.82 Å². The Bertz CT molecular complexity index is 1450. The molecule has 3 heterocycles. The maximum Gasteiger partial charge on any atom is 0.351 e. The number of rotatable bonds is 7. The summed E-state index contributed by atoms with van der Waals surface area (Å²) in [6, 6.07) is 16.9. The van der Waals surface area contributed by atoms with Gasteiger partial charge in [0.2, 0.25) is 11.6 Å². The summed E-state index contributed by atoms with van der Waals surface area (Å²) in [6.07, 6.45) is 1.26. The van der Waals surface area contributed by atoms with E-state index in [-0.39, 0.29) is 24.3 Å². The van der Waals surface area contributed by atoms with Crippen LogP contribution in [0.2, 0.25) is 0 Å². The van der Waals surface area contributed by atoms with E-state index in [1.165, 1.54) is 9.08 Å². The van der Waals surface area contributed by atoms with Gasteiger partial charge in [-0.25, -0.2) is 18.9 Å². The zero-order valence-corrected chi connectivity index (χ0v) is 20.1. The first-order valence-electron chi connectivity index (χ1n) is 12.2. The fourth-order valence-electron chi connectivity index (χ4n) is 4.57. The van der Waals surface area contributed by atoms with Crippen LogP contribution in [0.25, 0.3) is 16.7 Å². The van der Waals surface area contributed by atoms with E-state index in [1.54, 1.807) is 6.92 Å². The number of fused-ring (bicyclic) bond motifs is 3. The Hall–Kier alpha value is -4.21. The largest absolute Gasteiger partial charge is 0.466 e. The first-order valence-corrected chi connectivity index (χ1v) is 12.2. The molecule has 1 fully saturated rings. The number of ether oxygens (including phenoxy) is 1. The molecule has 0 aliphatic carbocycles. The Balaban J connectivity index is 1.43. The molecule has 2 aromatic carbocycles. The molecule has 1 aliphatic heterocycles. The lowest BCUT2D eigenvalue weighted by atomic mass is 9.97. The van der Waals surface area contributed by atoms with Crippen molar-refractivity contribution in [3.05, 3.63) is 70.6 Å². The van der Waals surface area contributed by atoms with Gasteiger partial charge in [-0.15, -0.1) is 5.10 Å². The van der Waals surface area contributed by atoms with Crippen molar-refractivity contribution in [2.45, 2.75) is 32.9 Å². The fraction of sp³-hybridized carbons (Fsp3) is 0.346. The Morgan fingerprint density at radius 2 is 1.78 bits per heavy atom.